The Balaban J connectivity index is 1.73. The predicted octanol–water partition coefficient (Wildman–Crippen LogP) is 6.44. The Bertz CT molecular complexity index is 1210. The fourth-order valence-electron chi connectivity index (χ4n) is 9.60. The molecule has 272 valence electrons. The number of anilines is 1. The van der Waals surface area contributed by atoms with Crippen LogP contribution in [0.25, 0.3) is 0 Å². The van der Waals surface area contributed by atoms with Crippen molar-refractivity contribution in [3.05, 3.63) is 28.8 Å². The van der Waals surface area contributed by atoms with Crippen molar-refractivity contribution in [1.82, 2.24) is 20.9 Å². The van der Waals surface area contributed by atoms with E-state index in [4.69, 9.17) is 4.74 Å². The van der Waals surface area contributed by atoms with Gasteiger partial charge in [-0.1, -0.05) is 47.0 Å². The molecule has 3 fully saturated rings. The lowest BCUT2D eigenvalue weighted by Gasteiger charge is -2.48. The minimum absolute atomic E-state index is 0.0539. The van der Waals surface area contributed by atoms with E-state index >= 15 is 0 Å². The minimum Gasteiger partial charge on any atom is -0.381 e. The lowest BCUT2D eigenvalue weighted by Crippen LogP contribution is -2.57. The SMILES string of the molecule is CCCC(CC)C1(c2cc(C(=O)NCC3C(=O)NC(C)(CCC)CC3C)c(C)c(N(CC)C3CCOCC3)c2)CCC(CN(C)C)NC1. The average molecular weight is 668 g/mol. The van der Waals surface area contributed by atoms with Gasteiger partial charge in [-0.25, -0.2) is 0 Å². The highest BCUT2D eigenvalue weighted by Gasteiger charge is 2.44. The third kappa shape index (κ3) is 8.76. The smallest absolute Gasteiger partial charge is 0.251 e. The largest absolute Gasteiger partial charge is 0.381 e. The number of amides is 2. The molecule has 3 saturated heterocycles. The molecule has 6 unspecified atom stereocenters. The Hall–Kier alpha value is -2.16. The second-order valence-electron chi connectivity index (χ2n) is 16.0. The fourth-order valence-corrected chi connectivity index (χ4v) is 9.60. The van der Waals surface area contributed by atoms with E-state index in [-0.39, 0.29) is 34.6 Å². The van der Waals surface area contributed by atoms with Gasteiger partial charge in [-0.2, -0.15) is 0 Å². The summed E-state index contributed by atoms with van der Waals surface area (Å²) in [5.41, 5.74) is 4.06. The molecule has 8 heteroatoms. The summed E-state index contributed by atoms with van der Waals surface area (Å²) in [4.78, 5) is 32.5. The van der Waals surface area contributed by atoms with Gasteiger partial charge in [0.05, 0.1) is 5.92 Å². The molecular weight excluding hydrogens is 598 g/mol. The van der Waals surface area contributed by atoms with Gasteiger partial charge in [0.2, 0.25) is 5.91 Å². The summed E-state index contributed by atoms with van der Waals surface area (Å²) < 4.78 is 5.77. The molecule has 0 radical (unpaired) electrons. The molecule has 0 saturated carbocycles. The number of nitrogens with zero attached hydrogens (tertiary/aromatic N) is 2. The summed E-state index contributed by atoms with van der Waals surface area (Å²) in [5.74, 6) is 0.497. The van der Waals surface area contributed by atoms with Crippen LogP contribution in [0.5, 0.6) is 0 Å². The highest BCUT2D eigenvalue weighted by molar-refractivity contribution is 5.98. The van der Waals surface area contributed by atoms with Gasteiger partial charge >= 0.3 is 0 Å². The molecule has 3 aliphatic heterocycles. The molecule has 3 aliphatic rings. The number of hydrogen-bond acceptors (Lipinski definition) is 6. The zero-order chi connectivity index (χ0) is 35.1. The van der Waals surface area contributed by atoms with Crippen molar-refractivity contribution in [1.29, 1.82) is 0 Å². The molecule has 0 spiro atoms. The molecule has 8 nitrogen and oxygen atoms in total. The van der Waals surface area contributed by atoms with Crippen LogP contribution in [0.4, 0.5) is 5.69 Å². The van der Waals surface area contributed by atoms with Gasteiger partial charge in [-0.3, -0.25) is 9.59 Å². The van der Waals surface area contributed by atoms with Gasteiger partial charge < -0.3 is 30.5 Å². The second-order valence-corrected chi connectivity index (χ2v) is 16.0. The number of nitrogens with one attached hydrogen (secondary N) is 3. The molecule has 0 bridgehead atoms. The van der Waals surface area contributed by atoms with E-state index in [2.05, 4.69) is 100 Å². The first-order valence-corrected chi connectivity index (χ1v) is 19.4. The third-order valence-electron chi connectivity index (χ3n) is 12.1. The van der Waals surface area contributed by atoms with Crippen molar-refractivity contribution in [3.8, 4) is 0 Å². The van der Waals surface area contributed by atoms with Crippen LogP contribution < -0.4 is 20.9 Å². The van der Waals surface area contributed by atoms with Crippen LogP contribution in [0, 0.1) is 24.7 Å². The predicted molar refractivity (Wildman–Crippen MR) is 199 cm³/mol. The third-order valence-corrected chi connectivity index (χ3v) is 12.1. The molecule has 1 aromatic carbocycles. The van der Waals surface area contributed by atoms with E-state index in [1.807, 2.05) is 0 Å². The minimum atomic E-state index is -0.229. The van der Waals surface area contributed by atoms with Gasteiger partial charge in [0, 0.05) is 73.7 Å². The lowest BCUT2D eigenvalue weighted by atomic mass is 9.62. The summed E-state index contributed by atoms with van der Waals surface area (Å²) in [7, 11) is 4.31. The molecule has 2 amide bonds. The van der Waals surface area contributed by atoms with Crippen molar-refractivity contribution >= 4 is 17.5 Å². The van der Waals surface area contributed by atoms with Crippen molar-refractivity contribution in [3.63, 3.8) is 0 Å². The molecule has 4 rings (SSSR count). The molecule has 3 heterocycles. The number of carbonyl (C=O) groups excluding carboxylic acids is 2. The van der Waals surface area contributed by atoms with Crippen LogP contribution in [-0.4, -0.2) is 87.8 Å². The summed E-state index contributed by atoms with van der Waals surface area (Å²) >= 11 is 0. The van der Waals surface area contributed by atoms with Crippen molar-refractivity contribution in [2.24, 2.45) is 17.8 Å². The first kappa shape index (κ1) is 38.6. The maximum Gasteiger partial charge on any atom is 0.251 e. The fraction of sp³-hybridized carbons (Fsp3) is 0.800. The van der Waals surface area contributed by atoms with Gasteiger partial charge in [0.25, 0.3) is 5.91 Å². The summed E-state index contributed by atoms with van der Waals surface area (Å²) in [6.07, 6.45) is 10.6. The second kappa shape index (κ2) is 17.2. The van der Waals surface area contributed by atoms with Crippen LogP contribution in [-0.2, 0) is 14.9 Å². The van der Waals surface area contributed by atoms with E-state index in [1.165, 1.54) is 17.7 Å². The van der Waals surface area contributed by atoms with E-state index in [1.54, 1.807) is 0 Å². The quantitative estimate of drug-likeness (QED) is 0.200. The Kier molecular flexibility index (Phi) is 13.8. The molecule has 3 N–H and O–H groups in total. The number of rotatable bonds is 15. The lowest BCUT2D eigenvalue weighted by molar-refractivity contribution is -0.132. The normalized spacial score (nSPS) is 29.0. The molecule has 0 aliphatic carbocycles. The Morgan fingerprint density at radius 3 is 2.40 bits per heavy atom. The van der Waals surface area contributed by atoms with E-state index < -0.39 is 0 Å². The highest BCUT2D eigenvalue weighted by atomic mass is 16.5. The Morgan fingerprint density at radius 2 is 1.83 bits per heavy atom. The van der Waals surface area contributed by atoms with Crippen molar-refractivity contribution < 1.29 is 14.3 Å². The number of ether oxygens (including phenoxy) is 1. The maximum atomic E-state index is 14.4. The van der Waals surface area contributed by atoms with Crippen LogP contribution in [0.15, 0.2) is 12.1 Å². The molecule has 1 aromatic rings. The van der Waals surface area contributed by atoms with Crippen LogP contribution in [0.1, 0.15) is 127 Å². The van der Waals surface area contributed by atoms with Crippen molar-refractivity contribution in [2.75, 3.05) is 58.4 Å². The molecular formula is C40H69N5O3. The van der Waals surface area contributed by atoms with Gasteiger partial charge in [-0.15, -0.1) is 0 Å². The van der Waals surface area contributed by atoms with Crippen LogP contribution in [0.3, 0.4) is 0 Å². The van der Waals surface area contributed by atoms with E-state index in [0.29, 0.717) is 24.5 Å². The average Bonchev–Trinajstić information content (AvgIpc) is 3.05. The first-order valence-electron chi connectivity index (χ1n) is 19.4. The zero-order valence-corrected chi connectivity index (χ0v) is 32.0. The number of hydrogen-bond donors (Lipinski definition) is 3. The maximum absolute atomic E-state index is 14.4. The number of piperidine rings is 2. The molecule has 48 heavy (non-hydrogen) atoms. The molecule has 6 atom stereocenters. The number of carbonyl (C=O) groups is 2. The highest BCUT2D eigenvalue weighted by Crippen LogP contribution is 2.46. The summed E-state index contributed by atoms with van der Waals surface area (Å²) in [5, 5.41) is 10.6. The van der Waals surface area contributed by atoms with Gasteiger partial charge in [0.15, 0.2) is 0 Å². The Labute approximate surface area is 292 Å². The van der Waals surface area contributed by atoms with E-state index in [0.717, 1.165) is 102 Å². The van der Waals surface area contributed by atoms with Crippen LogP contribution in [0.2, 0.25) is 0 Å². The summed E-state index contributed by atoms with van der Waals surface area (Å²) in [6.45, 7) is 20.3. The zero-order valence-electron chi connectivity index (χ0n) is 32.0. The van der Waals surface area contributed by atoms with Gasteiger partial charge in [0.1, 0.15) is 0 Å². The Morgan fingerprint density at radius 1 is 1.10 bits per heavy atom. The first-order chi connectivity index (χ1) is 22.9. The van der Waals surface area contributed by atoms with Crippen LogP contribution >= 0.6 is 0 Å². The van der Waals surface area contributed by atoms with E-state index in [9.17, 15) is 9.59 Å². The monoisotopic (exact) mass is 668 g/mol. The standard InChI is InChI=1S/C40H69N5O3/c1-10-14-30(12-3)40(19-15-32(42-27-40)26-44(8)9)31-22-34(29(6)36(23-31)45(13-4)33-16-20-48-21-17-33)37(46)41-25-35-28(5)24-39(7,18-11-2)43-38(35)47/h22-23,28,30,32-33,35,42H,10-21,24-27H2,1-9H3,(H,41,46)(H,43,47). The van der Waals surface area contributed by atoms with Crippen molar-refractivity contribution in [2.45, 2.75) is 136 Å². The summed E-state index contributed by atoms with van der Waals surface area (Å²) in [6, 6.07) is 5.56. The topological polar surface area (TPSA) is 85.9 Å². The number of likely N-dealkylation sites (N-methyl/N-ethyl adjacent to an activating group) is 1. The molecule has 0 aromatic heterocycles. The number of benzene rings is 1. The van der Waals surface area contributed by atoms with Gasteiger partial charge in [-0.05, 0) is 115 Å².